The van der Waals surface area contributed by atoms with Gasteiger partial charge in [-0.1, -0.05) is 53.5 Å². The third kappa shape index (κ3) is 6.13. The van der Waals surface area contributed by atoms with Crippen molar-refractivity contribution in [2.24, 2.45) is 0 Å². The summed E-state index contributed by atoms with van der Waals surface area (Å²) in [5, 5.41) is 13.5. The Morgan fingerprint density at radius 1 is 0.852 bits per heavy atom. The van der Waals surface area contributed by atoms with Gasteiger partial charge in [0.05, 0.1) is 21.3 Å². The molecule has 0 fully saturated rings. The molecule has 136 valence electrons. The van der Waals surface area contributed by atoms with E-state index in [9.17, 15) is 9.90 Å². The molecule has 0 aliphatic carbocycles. The van der Waals surface area contributed by atoms with E-state index in [2.05, 4.69) is 5.32 Å². The van der Waals surface area contributed by atoms with Crippen molar-refractivity contribution in [2.75, 3.05) is 5.32 Å². The molecule has 0 unspecified atom stereocenters. The summed E-state index contributed by atoms with van der Waals surface area (Å²) < 4.78 is 0. The molecule has 3 nitrogen and oxygen atoms in total. The van der Waals surface area contributed by atoms with E-state index in [-0.39, 0.29) is 43.3 Å². The second kappa shape index (κ2) is 10.4. The third-order valence-electron chi connectivity index (χ3n) is 4.08. The van der Waals surface area contributed by atoms with Crippen LogP contribution in [0.25, 0.3) is 0 Å². The van der Waals surface area contributed by atoms with E-state index >= 15 is 0 Å². The van der Waals surface area contributed by atoms with E-state index in [1.165, 1.54) is 5.56 Å². The fraction of sp³-hybridized carbons (Fsp3) is 0.0952. The quantitative estimate of drug-likeness (QED) is 0.524. The number of carboxylic acids is 1. The average Bonchev–Trinajstić information content (AvgIpc) is 2.64. The van der Waals surface area contributed by atoms with Crippen molar-refractivity contribution >= 4 is 78.3 Å². The molecule has 0 atom stereocenters. The van der Waals surface area contributed by atoms with E-state index in [0.717, 1.165) is 24.1 Å². The van der Waals surface area contributed by atoms with Crippen molar-refractivity contribution < 1.29 is 9.90 Å². The average molecular weight is 428 g/mol. The van der Waals surface area contributed by atoms with Crippen LogP contribution in [0.3, 0.4) is 0 Å². The van der Waals surface area contributed by atoms with Gasteiger partial charge in [-0.25, -0.2) is 4.79 Å². The molecule has 0 aliphatic heterocycles. The van der Waals surface area contributed by atoms with Crippen molar-refractivity contribution in [3.63, 3.8) is 0 Å². The van der Waals surface area contributed by atoms with Crippen LogP contribution in [0.4, 0.5) is 11.4 Å². The molecule has 3 rings (SSSR count). The van der Waals surface area contributed by atoms with Crippen molar-refractivity contribution in [2.45, 2.75) is 12.8 Å². The van der Waals surface area contributed by atoms with Crippen LogP contribution in [0.2, 0.25) is 10.0 Å². The predicted octanol–water partition coefficient (Wildman–Crippen LogP) is 5.30. The Balaban J connectivity index is 0.00000261. The molecule has 6 heteroatoms. The Labute approximate surface area is 198 Å². The zero-order valence-corrected chi connectivity index (χ0v) is 15.4. The number of aromatic carboxylic acids is 1. The molecule has 0 saturated heterocycles. The van der Waals surface area contributed by atoms with Crippen LogP contribution < -0.4 is 5.32 Å². The van der Waals surface area contributed by atoms with E-state index < -0.39 is 5.97 Å². The van der Waals surface area contributed by atoms with Gasteiger partial charge < -0.3 is 10.4 Å². The molecule has 0 spiro atoms. The zero-order valence-electron chi connectivity index (χ0n) is 13.9. The van der Waals surface area contributed by atoms with Gasteiger partial charge in [-0.2, -0.15) is 0 Å². The second-order valence-corrected chi connectivity index (χ2v) is 6.74. The van der Waals surface area contributed by atoms with E-state index in [4.69, 9.17) is 23.2 Å². The van der Waals surface area contributed by atoms with E-state index in [1.807, 2.05) is 42.5 Å². The van der Waals surface area contributed by atoms with Gasteiger partial charge in [-0.15, -0.1) is 0 Å². The van der Waals surface area contributed by atoms with Gasteiger partial charge in [-0.05, 0) is 60.4 Å². The van der Waals surface area contributed by atoms with Crippen molar-refractivity contribution in [3.05, 3.63) is 93.5 Å². The molecular formula is C21H19CaCl2NO2. The SMILES string of the molecule is O=C(O)c1ccccc1Nc1ccc(CCc2ccc(Cl)c(Cl)c2)cc1.[CaH2]. The number of aryl methyl sites for hydroxylation is 2. The van der Waals surface area contributed by atoms with E-state index in [1.54, 1.807) is 24.3 Å². The van der Waals surface area contributed by atoms with Gasteiger partial charge in [0.15, 0.2) is 0 Å². The fourth-order valence-electron chi connectivity index (χ4n) is 2.67. The first kappa shape index (κ1) is 22.1. The van der Waals surface area contributed by atoms with Gasteiger partial charge in [-0.3, -0.25) is 0 Å². The summed E-state index contributed by atoms with van der Waals surface area (Å²) in [5.74, 6) is -0.952. The predicted molar refractivity (Wildman–Crippen MR) is 116 cm³/mol. The Hall–Kier alpha value is -1.23. The summed E-state index contributed by atoms with van der Waals surface area (Å²) in [4.78, 5) is 11.3. The first-order valence-electron chi connectivity index (χ1n) is 8.15. The third-order valence-corrected chi connectivity index (χ3v) is 4.82. The number of nitrogens with one attached hydrogen (secondary N) is 1. The first-order valence-corrected chi connectivity index (χ1v) is 8.91. The van der Waals surface area contributed by atoms with Crippen LogP contribution in [-0.2, 0) is 12.8 Å². The van der Waals surface area contributed by atoms with Crippen LogP contribution in [-0.4, -0.2) is 48.8 Å². The van der Waals surface area contributed by atoms with Gasteiger partial charge in [0, 0.05) is 5.69 Å². The molecule has 0 aliphatic rings. The molecule has 0 radical (unpaired) electrons. The summed E-state index contributed by atoms with van der Waals surface area (Å²) >= 11 is 12.0. The minimum absolute atomic E-state index is 0. The number of para-hydroxylation sites is 1. The van der Waals surface area contributed by atoms with Gasteiger partial charge >= 0.3 is 43.7 Å². The normalized spacial score (nSPS) is 10.1. The number of anilines is 2. The van der Waals surface area contributed by atoms with Gasteiger partial charge in [0.1, 0.15) is 0 Å². The van der Waals surface area contributed by atoms with Gasteiger partial charge in [0.25, 0.3) is 0 Å². The van der Waals surface area contributed by atoms with Crippen LogP contribution >= 0.6 is 23.2 Å². The summed E-state index contributed by atoms with van der Waals surface area (Å²) in [7, 11) is 0. The summed E-state index contributed by atoms with van der Waals surface area (Å²) in [6.07, 6.45) is 1.75. The molecule has 0 amide bonds. The monoisotopic (exact) mass is 427 g/mol. The number of benzene rings is 3. The standard InChI is InChI=1S/C21H17Cl2NO2.Ca.2H/c22-18-12-9-15(13-19(18)23)6-5-14-7-10-16(11-8-14)24-20-4-2-1-3-17(20)21(25)26;;;/h1-4,7-13,24H,5-6H2,(H,25,26);;;. The van der Waals surface area contributed by atoms with Crippen LogP contribution in [0.5, 0.6) is 0 Å². The van der Waals surface area contributed by atoms with Crippen LogP contribution in [0, 0.1) is 0 Å². The topological polar surface area (TPSA) is 49.3 Å². The molecule has 3 aromatic rings. The first-order chi connectivity index (χ1) is 12.5. The Bertz CT molecular complexity index is 930. The molecule has 0 bridgehead atoms. The van der Waals surface area contributed by atoms with Crippen LogP contribution in [0.1, 0.15) is 21.5 Å². The number of carboxylic acid groups (broad SMARTS) is 1. The molecule has 0 heterocycles. The van der Waals surface area contributed by atoms with E-state index in [0.29, 0.717) is 15.7 Å². The van der Waals surface area contributed by atoms with Crippen molar-refractivity contribution in [1.29, 1.82) is 0 Å². The van der Waals surface area contributed by atoms with Gasteiger partial charge in [0.2, 0.25) is 0 Å². The number of rotatable bonds is 6. The second-order valence-electron chi connectivity index (χ2n) is 5.92. The molecule has 27 heavy (non-hydrogen) atoms. The zero-order chi connectivity index (χ0) is 18.5. The summed E-state index contributed by atoms with van der Waals surface area (Å²) in [6.45, 7) is 0. The maximum absolute atomic E-state index is 11.3. The number of halogens is 2. The van der Waals surface area contributed by atoms with Crippen LogP contribution in [0.15, 0.2) is 66.7 Å². The molecule has 0 saturated carbocycles. The fourth-order valence-corrected chi connectivity index (χ4v) is 2.99. The Morgan fingerprint density at radius 2 is 1.48 bits per heavy atom. The maximum atomic E-state index is 11.3. The molecule has 2 N–H and O–H groups in total. The van der Waals surface area contributed by atoms with Crippen molar-refractivity contribution in [1.82, 2.24) is 0 Å². The minimum atomic E-state index is -0.952. The molecule has 0 aromatic heterocycles. The summed E-state index contributed by atoms with van der Waals surface area (Å²) in [6, 6.07) is 20.5. The number of hydrogen-bond donors (Lipinski definition) is 2. The Morgan fingerprint density at radius 3 is 2.15 bits per heavy atom. The number of carbonyl (C=O) groups is 1. The molecular weight excluding hydrogens is 409 g/mol. The number of hydrogen-bond acceptors (Lipinski definition) is 2. The van der Waals surface area contributed by atoms with Crippen molar-refractivity contribution in [3.8, 4) is 0 Å². The summed E-state index contributed by atoms with van der Waals surface area (Å²) in [5.41, 5.74) is 3.99. The molecule has 3 aromatic carbocycles. The Kier molecular flexibility index (Phi) is 8.46.